The number of aliphatic hydroxyl groups is 1. The van der Waals surface area contributed by atoms with E-state index in [9.17, 15) is 4.79 Å². The van der Waals surface area contributed by atoms with E-state index < -0.39 is 0 Å². The molecule has 0 radical (unpaired) electrons. The number of hydrogen-bond donors (Lipinski definition) is 1. The number of Topliss-reactive ketones (excluding diaryl/α,β-unsaturated/α-hetero) is 1. The summed E-state index contributed by atoms with van der Waals surface area (Å²) in [5.74, 6) is -0.207. The number of aliphatic hydroxyl groups excluding tert-OH is 1. The van der Waals surface area contributed by atoms with Crippen molar-refractivity contribution < 1.29 is 9.90 Å². The first-order valence-electron chi connectivity index (χ1n) is 2.75. The zero-order valence-electron chi connectivity index (χ0n) is 5.22. The minimum atomic E-state index is -0.207. The topological polar surface area (TPSA) is 37.3 Å². The van der Waals surface area contributed by atoms with Crippen molar-refractivity contribution in [1.82, 2.24) is 0 Å². The van der Waals surface area contributed by atoms with Crippen LogP contribution in [0.15, 0.2) is 11.3 Å². The van der Waals surface area contributed by atoms with Crippen molar-refractivity contribution in [3.8, 4) is 0 Å². The Morgan fingerprint density at radius 2 is 2.33 bits per heavy atom. The summed E-state index contributed by atoms with van der Waals surface area (Å²) in [6.07, 6.45) is 1.78. The summed E-state index contributed by atoms with van der Waals surface area (Å²) in [5, 5.41) is 8.13. The average Bonchev–Trinajstić information content (AvgIpc) is 1.87. The normalized spacial score (nSPS) is 11.6. The Morgan fingerprint density at radius 1 is 1.78 bits per heavy atom. The van der Waals surface area contributed by atoms with Gasteiger partial charge in [-0.05, 0) is 6.42 Å². The van der Waals surface area contributed by atoms with Crippen LogP contribution >= 0.6 is 11.6 Å². The van der Waals surface area contributed by atoms with Gasteiger partial charge in [-0.3, -0.25) is 4.79 Å². The van der Waals surface area contributed by atoms with Crippen LogP contribution in [0.25, 0.3) is 0 Å². The van der Waals surface area contributed by atoms with E-state index >= 15 is 0 Å². The van der Waals surface area contributed by atoms with Gasteiger partial charge in [0.1, 0.15) is 11.3 Å². The molecule has 0 amide bonds. The molecular formula is C6H9ClO2. The summed E-state index contributed by atoms with van der Waals surface area (Å²) in [7, 11) is 0. The van der Waals surface area contributed by atoms with Gasteiger partial charge in [-0.25, -0.2) is 0 Å². The first kappa shape index (κ1) is 8.50. The SMILES string of the molecule is CCCC(=O)/C(Cl)=C/O. The maximum atomic E-state index is 10.6. The number of allylic oxidation sites excluding steroid dienone is 1. The summed E-state index contributed by atoms with van der Waals surface area (Å²) >= 11 is 5.26. The van der Waals surface area contributed by atoms with Crippen LogP contribution in [0.3, 0.4) is 0 Å². The predicted molar refractivity (Wildman–Crippen MR) is 36.5 cm³/mol. The monoisotopic (exact) mass is 148 g/mol. The molecule has 0 rings (SSSR count). The Morgan fingerprint density at radius 3 is 2.67 bits per heavy atom. The number of rotatable bonds is 3. The zero-order valence-corrected chi connectivity index (χ0v) is 5.98. The number of carbonyl (C=O) groups excluding carboxylic acids is 1. The highest BCUT2D eigenvalue weighted by molar-refractivity contribution is 6.42. The van der Waals surface area contributed by atoms with Crippen LogP contribution in [-0.4, -0.2) is 10.9 Å². The van der Waals surface area contributed by atoms with Crippen molar-refractivity contribution >= 4 is 17.4 Å². The molecule has 52 valence electrons. The maximum absolute atomic E-state index is 10.6. The minimum Gasteiger partial charge on any atom is -0.514 e. The Labute approximate surface area is 59.1 Å². The molecule has 0 heterocycles. The molecule has 0 spiro atoms. The molecule has 3 heteroatoms. The third-order valence-corrected chi connectivity index (χ3v) is 1.17. The number of halogens is 1. The summed E-state index contributed by atoms with van der Waals surface area (Å²) in [4.78, 5) is 10.6. The minimum absolute atomic E-state index is 0.0862. The van der Waals surface area contributed by atoms with Gasteiger partial charge in [0.15, 0.2) is 5.78 Å². The fraction of sp³-hybridized carbons (Fsp3) is 0.500. The first-order chi connectivity index (χ1) is 4.22. The maximum Gasteiger partial charge on any atom is 0.177 e. The molecule has 0 fully saturated rings. The third-order valence-electron chi connectivity index (χ3n) is 0.857. The number of ketones is 1. The van der Waals surface area contributed by atoms with E-state index in [1.165, 1.54) is 0 Å². The second-order valence-electron chi connectivity index (χ2n) is 1.65. The molecule has 0 aromatic rings. The van der Waals surface area contributed by atoms with Gasteiger partial charge in [0.2, 0.25) is 0 Å². The van der Waals surface area contributed by atoms with Crippen molar-refractivity contribution in [3.63, 3.8) is 0 Å². The van der Waals surface area contributed by atoms with Crippen LogP contribution in [-0.2, 0) is 4.79 Å². The largest absolute Gasteiger partial charge is 0.514 e. The summed E-state index contributed by atoms with van der Waals surface area (Å²) < 4.78 is 0. The third kappa shape index (κ3) is 3.14. The molecule has 0 atom stereocenters. The molecule has 1 N–H and O–H groups in total. The van der Waals surface area contributed by atoms with Crippen molar-refractivity contribution in [2.24, 2.45) is 0 Å². The molecule has 0 aliphatic rings. The molecule has 0 aromatic carbocycles. The first-order valence-corrected chi connectivity index (χ1v) is 3.13. The van der Waals surface area contributed by atoms with Crippen molar-refractivity contribution in [2.45, 2.75) is 19.8 Å². The van der Waals surface area contributed by atoms with E-state index in [1.54, 1.807) is 0 Å². The van der Waals surface area contributed by atoms with Crippen LogP contribution < -0.4 is 0 Å². The van der Waals surface area contributed by atoms with Gasteiger partial charge in [-0.2, -0.15) is 0 Å². The molecule has 0 aliphatic heterocycles. The van der Waals surface area contributed by atoms with Gasteiger partial charge in [0.05, 0.1) is 0 Å². The fourth-order valence-electron chi connectivity index (χ4n) is 0.418. The van der Waals surface area contributed by atoms with Crippen LogP contribution in [0.5, 0.6) is 0 Å². The standard InChI is InChI=1S/C6H9ClO2/c1-2-3-6(9)5(7)4-8/h4,8H,2-3H2,1H3/b5-4-. The molecule has 0 aliphatic carbocycles. The highest BCUT2D eigenvalue weighted by atomic mass is 35.5. The molecule has 9 heavy (non-hydrogen) atoms. The fourth-order valence-corrected chi connectivity index (χ4v) is 0.513. The van der Waals surface area contributed by atoms with Crippen molar-refractivity contribution in [2.75, 3.05) is 0 Å². The van der Waals surface area contributed by atoms with Gasteiger partial charge in [-0.15, -0.1) is 0 Å². The molecule has 0 unspecified atom stereocenters. The lowest BCUT2D eigenvalue weighted by atomic mass is 10.2. The Balaban J connectivity index is 3.74. The van der Waals surface area contributed by atoms with Crippen molar-refractivity contribution in [1.29, 1.82) is 0 Å². The van der Waals surface area contributed by atoms with E-state index in [-0.39, 0.29) is 10.8 Å². The lowest BCUT2D eigenvalue weighted by Crippen LogP contribution is -1.95. The average molecular weight is 149 g/mol. The second-order valence-corrected chi connectivity index (χ2v) is 2.06. The van der Waals surface area contributed by atoms with Gasteiger partial charge in [0, 0.05) is 6.42 Å². The van der Waals surface area contributed by atoms with Gasteiger partial charge in [0.25, 0.3) is 0 Å². The molecule has 0 aromatic heterocycles. The zero-order chi connectivity index (χ0) is 7.28. The molecular weight excluding hydrogens is 140 g/mol. The van der Waals surface area contributed by atoms with E-state index in [0.717, 1.165) is 6.42 Å². The second kappa shape index (κ2) is 4.39. The van der Waals surface area contributed by atoms with E-state index in [4.69, 9.17) is 16.7 Å². The molecule has 2 nitrogen and oxygen atoms in total. The Bertz CT molecular complexity index is 129. The highest BCUT2D eigenvalue weighted by Crippen LogP contribution is 2.05. The summed E-state index contributed by atoms with van der Waals surface area (Å²) in [6, 6.07) is 0. The highest BCUT2D eigenvalue weighted by Gasteiger charge is 2.03. The summed E-state index contributed by atoms with van der Waals surface area (Å²) in [6.45, 7) is 1.87. The van der Waals surface area contributed by atoms with Crippen LogP contribution in [0.4, 0.5) is 0 Å². The Kier molecular flexibility index (Phi) is 4.14. The van der Waals surface area contributed by atoms with Crippen molar-refractivity contribution in [3.05, 3.63) is 11.3 Å². The van der Waals surface area contributed by atoms with E-state index in [0.29, 0.717) is 12.7 Å². The predicted octanol–water partition coefficient (Wildman–Crippen LogP) is 1.99. The van der Waals surface area contributed by atoms with E-state index in [1.807, 2.05) is 6.92 Å². The lowest BCUT2D eigenvalue weighted by molar-refractivity contribution is -0.115. The molecule has 0 bridgehead atoms. The van der Waals surface area contributed by atoms with Gasteiger partial charge in [-0.1, -0.05) is 18.5 Å². The van der Waals surface area contributed by atoms with Crippen LogP contribution in [0.2, 0.25) is 0 Å². The van der Waals surface area contributed by atoms with Gasteiger partial charge < -0.3 is 5.11 Å². The molecule has 0 saturated heterocycles. The lowest BCUT2D eigenvalue weighted by Gasteiger charge is -1.91. The molecule has 0 saturated carbocycles. The number of hydrogen-bond acceptors (Lipinski definition) is 2. The smallest absolute Gasteiger partial charge is 0.177 e. The van der Waals surface area contributed by atoms with Crippen LogP contribution in [0, 0.1) is 0 Å². The number of carbonyl (C=O) groups is 1. The van der Waals surface area contributed by atoms with E-state index in [2.05, 4.69) is 0 Å². The quantitative estimate of drug-likeness (QED) is 0.491. The van der Waals surface area contributed by atoms with Crippen LogP contribution in [0.1, 0.15) is 19.8 Å². The summed E-state index contributed by atoms with van der Waals surface area (Å²) in [5.41, 5.74) is 0. The Hall–Kier alpha value is -0.500. The van der Waals surface area contributed by atoms with Gasteiger partial charge >= 0.3 is 0 Å².